The summed E-state index contributed by atoms with van der Waals surface area (Å²) in [4.78, 5) is 29.2. The number of fused-ring (bicyclic) bond motifs is 2. The number of hydrogen-bond acceptors (Lipinski definition) is 4. The monoisotopic (exact) mass is 376 g/mol. The van der Waals surface area contributed by atoms with Crippen molar-refractivity contribution in [3.63, 3.8) is 0 Å². The van der Waals surface area contributed by atoms with Crippen LogP contribution in [0.2, 0.25) is 0 Å². The molecular weight excluding hydrogens is 356 g/mol. The molecule has 0 fully saturated rings. The van der Waals surface area contributed by atoms with Crippen LogP contribution < -0.4 is 10.9 Å². The lowest BCUT2D eigenvalue weighted by Crippen LogP contribution is -2.42. The van der Waals surface area contributed by atoms with E-state index in [1.165, 1.54) is 0 Å². The number of para-hydroxylation sites is 3. The van der Waals surface area contributed by atoms with E-state index in [-0.39, 0.29) is 18.1 Å². The molecule has 7 nitrogen and oxygen atoms in total. The number of nitrogens with zero attached hydrogens (tertiary/aromatic N) is 2. The summed E-state index contributed by atoms with van der Waals surface area (Å²) < 4.78 is 7.59. The second-order valence-corrected chi connectivity index (χ2v) is 6.76. The molecule has 0 unspecified atom stereocenters. The molecule has 2 aromatic heterocycles. The third-order valence-corrected chi connectivity index (χ3v) is 4.88. The minimum atomic E-state index is -0.494. The fraction of sp³-hybridized carbons (Fsp3) is 0.190. The second-order valence-electron chi connectivity index (χ2n) is 6.76. The molecule has 4 aromatic rings. The molecule has 2 aromatic carbocycles. The minimum absolute atomic E-state index is 0.0453. The van der Waals surface area contributed by atoms with Gasteiger partial charge < -0.3 is 8.98 Å². The summed E-state index contributed by atoms with van der Waals surface area (Å²) in [7, 11) is 1.86. The first-order valence-electron chi connectivity index (χ1n) is 8.94. The Morgan fingerprint density at radius 3 is 2.61 bits per heavy atom. The van der Waals surface area contributed by atoms with Gasteiger partial charge in [0.15, 0.2) is 5.76 Å². The van der Waals surface area contributed by atoms with Gasteiger partial charge in [-0.1, -0.05) is 30.3 Å². The van der Waals surface area contributed by atoms with Gasteiger partial charge >= 0.3 is 5.91 Å². The first-order valence-corrected chi connectivity index (χ1v) is 8.94. The number of carbonyl (C=O) groups is 2. The number of amides is 2. The molecule has 2 heterocycles. The van der Waals surface area contributed by atoms with Crippen molar-refractivity contribution < 1.29 is 14.0 Å². The first-order chi connectivity index (χ1) is 13.5. The van der Waals surface area contributed by atoms with E-state index >= 15 is 0 Å². The number of carbonyl (C=O) groups excluding carboxylic acids is 2. The topological polar surface area (TPSA) is 89.2 Å². The average molecular weight is 376 g/mol. The number of hydrogen-bond donors (Lipinski definition) is 2. The molecule has 0 saturated heterocycles. The molecule has 4 rings (SSSR count). The fourth-order valence-electron chi connectivity index (χ4n) is 3.33. The highest BCUT2D eigenvalue weighted by Gasteiger charge is 2.19. The molecule has 2 amide bonds. The van der Waals surface area contributed by atoms with Crippen LogP contribution in [0.25, 0.3) is 22.0 Å². The number of aromatic nitrogens is 2. The number of imidazole rings is 1. The fourth-order valence-corrected chi connectivity index (χ4v) is 3.33. The average Bonchev–Trinajstić information content (AvgIpc) is 3.19. The van der Waals surface area contributed by atoms with Gasteiger partial charge in [0.2, 0.25) is 5.91 Å². The Hall–Kier alpha value is -3.61. The van der Waals surface area contributed by atoms with Crippen molar-refractivity contribution in [1.29, 1.82) is 0 Å². The van der Waals surface area contributed by atoms with E-state index < -0.39 is 5.91 Å². The molecule has 0 aliphatic carbocycles. The van der Waals surface area contributed by atoms with Gasteiger partial charge in [0.1, 0.15) is 11.4 Å². The van der Waals surface area contributed by atoms with Crippen molar-refractivity contribution in [2.45, 2.75) is 20.3 Å². The molecule has 0 aliphatic rings. The quantitative estimate of drug-likeness (QED) is 0.538. The predicted octanol–water partition coefficient (Wildman–Crippen LogP) is 2.94. The summed E-state index contributed by atoms with van der Waals surface area (Å²) in [6.45, 7) is 3.74. The molecule has 0 spiro atoms. The van der Waals surface area contributed by atoms with Crippen molar-refractivity contribution in [3.8, 4) is 0 Å². The third kappa shape index (κ3) is 3.00. The zero-order valence-electron chi connectivity index (χ0n) is 15.9. The van der Waals surface area contributed by atoms with E-state index in [9.17, 15) is 9.59 Å². The van der Waals surface area contributed by atoms with Gasteiger partial charge in [-0.05, 0) is 31.5 Å². The maximum atomic E-state index is 12.5. The van der Waals surface area contributed by atoms with E-state index in [4.69, 9.17) is 4.42 Å². The van der Waals surface area contributed by atoms with Crippen LogP contribution in [-0.4, -0.2) is 21.4 Å². The van der Waals surface area contributed by atoms with E-state index in [1.54, 1.807) is 0 Å². The summed E-state index contributed by atoms with van der Waals surface area (Å²) in [6.07, 6.45) is 0.0453. The second kappa shape index (κ2) is 6.84. The van der Waals surface area contributed by atoms with E-state index in [0.29, 0.717) is 11.4 Å². The number of rotatable bonds is 3. The first kappa shape index (κ1) is 17.8. The minimum Gasteiger partial charge on any atom is -0.450 e. The van der Waals surface area contributed by atoms with Gasteiger partial charge in [0.25, 0.3) is 0 Å². The SMILES string of the molecule is Cc1c(C(=O)NNC(=O)Cc2nc3ccccc3n2C)oc2c(C)cccc12. The number of nitrogens with one attached hydrogen (secondary N) is 2. The Labute approximate surface area is 161 Å². The lowest BCUT2D eigenvalue weighted by Gasteiger charge is -2.06. The Balaban J connectivity index is 1.46. The highest BCUT2D eigenvalue weighted by molar-refractivity contribution is 6.00. The molecule has 0 radical (unpaired) electrons. The van der Waals surface area contributed by atoms with Crippen LogP contribution in [-0.2, 0) is 18.3 Å². The van der Waals surface area contributed by atoms with Gasteiger partial charge in [-0.2, -0.15) is 0 Å². The summed E-state index contributed by atoms with van der Waals surface area (Å²) in [5.41, 5.74) is 8.99. The summed E-state index contributed by atoms with van der Waals surface area (Å²) in [6, 6.07) is 13.4. The van der Waals surface area contributed by atoms with Crippen molar-refractivity contribution in [2.24, 2.45) is 7.05 Å². The van der Waals surface area contributed by atoms with Crippen LogP contribution in [0.4, 0.5) is 0 Å². The van der Waals surface area contributed by atoms with Crippen LogP contribution in [0.15, 0.2) is 46.9 Å². The molecule has 0 bridgehead atoms. The predicted molar refractivity (Wildman–Crippen MR) is 106 cm³/mol. The molecular formula is C21H20N4O3. The molecule has 2 N–H and O–H groups in total. The summed E-state index contributed by atoms with van der Waals surface area (Å²) in [5, 5.41) is 0.885. The van der Waals surface area contributed by atoms with E-state index in [2.05, 4.69) is 15.8 Å². The van der Waals surface area contributed by atoms with Gasteiger partial charge in [-0.3, -0.25) is 20.4 Å². The van der Waals surface area contributed by atoms with Crippen LogP contribution in [0.1, 0.15) is 27.5 Å². The molecule has 142 valence electrons. The van der Waals surface area contributed by atoms with E-state index in [1.807, 2.05) is 67.9 Å². The number of aryl methyl sites for hydroxylation is 3. The highest BCUT2D eigenvalue weighted by atomic mass is 16.3. The molecule has 7 heteroatoms. The van der Waals surface area contributed by atoms with Crippen LogP contribution >= 0.6 is 0 Å². The Kier molecular flexibility index (Phi) is 4.35. The number of hydrazine groups is 1. The summed E-state index contributed by atoms with van der Waals surface area (Å²) in [5.74, 6) is -0.0565. The maximum Gasteiger partial charge on any atom is 0.305 e. The standard InChI is InChI=1S/C21H20N4O3/c1-12-7-6-8-14-13(2)20(28-19(12)14)21(27)24-23-18(26)11-17-22-15-9-4-5-10-16(15)25(17)3/h4-10H,11H2,1-3H3,(H,23,26)(H,24,27). The van der Waals surface area contributed by atoms with Gasteiger partial charge in [-0.25, -0.2) is 4.98 Å². The number of furan rings is 1. The Bertz CT molecular complexity index is 1220. The zero-order chi connectivity index (χ0) is 19.8. The molecule has 28 heavy (non-hydrogen) atoms. The Morgan fingerprint density at radius 1 is 1.07 bits per heavy atom. The van der Waals surface area contributed by atoms with Crippen molar-refractivity contribution in [3.05, 3.63) is 65.2 Å². The lowest BCUT2D eigenvalue weighted by atomic mass is 10.1. The highest BCUT2D eigenvalue weighted by Crippen LogP contribution is 2.27. The normalized spacial score (nSPS) is 11.1. The van der Waals surface area contributed by atoms with Crippen LogP contribution in [0.3, 0.4) is 0 Å². The van der Waals surface area contributed by atoms with Crippen molar-refractivity contribution >= 4 is 33.8 Å². The smallest absolute Gasteiger partial charge is 0.305 e. The number of benzene rings is 2. The largest absolute Gasteiger partial charge is 0.450 e. The summed E-state index contributed by atoms with van der Waals surface area (Å²) >= 11 is 0. The van der Waals surface area contributed by atoms with E-state index in [0.717, 1.165) is 27.5 Å². The van der Waals surface area contributed by atoms with Gasteiger partial charge in [-0.15, -0.1) is 0 Å². The van der Waals surface area contributed by atoms with Crippen molar-refractivity contribution in [1.82, 2.24) is 20.4 Å². The third-order valence-electron chi connectivity index (χ3n) is 4.88. The molecule has 0 saturated carbocycles. The van der Waals surface area contributed by atoms with Crippen LogP contribution in [0.5, 0.6) is 0 Å². The maximum absolute atomic E-state index is 12.5. The lowest BCUT2D eigenvalue weighted by molar-refractivity contribution is -0.121. The van der Waals surface area contributed by atoms with Gasteiger partial charge in [0, 0.05) is 18.0 Å². The molecule has 0 aliphatic heterocycles. The van der Waals surface area contributed by atoms with Crippen molar-refractivity contribution in [2.75, 3.05) is 0 Å². The Morgan fingerprint density at radius 2 is 1.86 bits per heavy atom. The molecule has 0 atom stereocenters. The van der Waals surface area contributed by atoms with Gasteiger partial charge in [0.05, 0.1) is 17.5 Å². The zero-order valence-corrected chi connectivity index (χ0v) is 15.9. The van der Waals surface area contributed by atoms with Crippen LogP contribution in [0, 0.1) is 13.8 Å².